The number of hydrogen-bond donors (Lipinski definition) is 1. The van der Waals surface area contributed by atoms with E-state index < -0.39 is 0 Å². The molecule has 6 nitrogen and oxygen atoms in total. The van der Waals surface area contributed by atoms with Crippen LogP contribution in [0.2, 0.25) is 5.02 Å². The Kier molecular flexibility index (Phi) is 4.37. The topological polar surface area (TPSA) is 64.7 Å². The van der Waals surface area contributed by atoms with E-state index in [1.165, 1.54) is 0 Å². The second kappa shape index (κ2) is 5.89. The van der Waals surface area contributed by atoms with Crippen LogP contribution in [0, 0.1) is 26.7 Å². The molecule has 1 N–H and O–H groups in total. The van der Waals surface area contributed by atoms with Crippen LogP contribution >= 0.6 is 11.6 Å². The molecule has 1 unspecified atom stereocenters. The Hall–Kier alpha value is -1.82. The summed E-state index contributed by atoms with van der Waals surface area (Å²) < 4.78 is 3.50. The van der Waals surface area contributed by atoms with E-state index in [4.69, 9.17) is 11.6 Å². The summed E-state index contributed by atoms with van der Waals surface area (Å²) in [4.78, 5) is 12.3. The van der Waals surface area contributed by atoms with Crippen LogP contribution in [-0.4, -0.2) is 25.5 Å². The molecule has 2 aromatic rings. The van der Waals surface area contributed by atoms with Gasteiger partial charge in [-0.25, -0.2) is 0 Å². The van der Waals surface area contributed by atoms with E-state index >= 15 is 0 Å². The Bertz CT molecular complexity index is 673. The maximum Gasteiger partial charge on any atom is 0.229 e. The fraction of sp³-hybridized carbons (Fsp3) is 0.500. The number of hydrogen-bond acceptors (Lipinski definition) is 3. The number of rotatable bonds is 4. The molecule has 0 fully saturated rings. The molecule has 21 heavy (non-hydrogen) atoms. The average Bonchev–Trinajstić information content (AvgIpc) is 2.87. The third kappa shape index (κ3) is 3.10. The first kappa shape index (κ1) is 15.6. The molecule has 2 rings (SSSR count). The van der Waals surface area contributed by atoms with Gasteiger partial charge in [-0.2, -0.15) is 10.2 Å². The number of amides is 1. The Labute approximate surface area is 129 Å². The lowest BCUT2D eigenvalue weighted by Crippen LogP contribution is -2.25. The number of nitrogens with one attached hydrogen (secondary N) is 1. The fourth-order valence-corrected chi connectivity index (χ4v) is 2.21. The summed E-state index contributed by atoms with van der Waals surface area (Å²) in [7, 11) is 1.84. The summed E-state index contributed by atoms with van der Waals surface area (Å²) in [6.45, 7) is 8.03. The maximum absolute atomic E-state index is 12.3. The minimum Gasteiger partial charge on any atom is -0.323 e. The first-order valence-electron chi connectivity index (χ1n) is 6.80. The van der Waals surface area contributed by atoms with Crippen molar-refractivity contribution in [3.8, 4) is 0 Å². The van der Waals surface area contributed by atoms with Crippen LogP contribution in [0.25, 0.3) is 0 Å². The van der Waals surface area contributed by atoms with Crippen molar-refractivity contribution in [2.45, 2.75) is 34.2 Å². The van der Waals surface area contributed by atoms with Gasteiger partial charge in [0, 0.05) is 7.05 Å². The lowest BCUT2D eigenvalue weighted by Gasteiger charge is -2.13. The van der Waals surface area contributed by atoms with Crippen molar-refractivity contribution in [1.82, 2.24) is 19.6 Å². The zero-order chi connectivity index (χ0) is 15.7. The zero-order valence-corrected chi connectivity index (χ0v) is 13.7. The van der Waals surface area contributed by atoms with Gasteiger partial charge in [-0.3, -0.25) is 14.2 Å². The van der Waals surface area contributed by atoms with Gasteiger partial charge in [0.15, 0.2) is 0 Å². The van der Waals surface area contributed by atoms with Gasteiger partial charge in [-0.05, 0) is 20.8 Å². The number of carbonyl (C=O) groups excluding carboxylic acids is 1. The van der Waals surface area contributed by atoms with Crippen molar-refractivity contribution in [3.05, 3.63) is 28.3 Å². The molecule has 0 spiro atoms. The number of nitrogens with zero attached hydrogens (tertiary/aromatic N) is 4. The SMILES string of the molecule is Cc1nn(CC(C)C(=O)Nc2cnn(C)c2C)c(C)c1Cl. The molecule has 0 aliphatic carbocycles. The van der Waals surface area contributed by atoms with Crippen molar-refractivity contribution in [2.75, 3.05) is 5.32 Å². The molecule has 0 saturated carbocycles. The van der Waals surface area contributed by atoms with Gasteiger partial charge in [0.25, 0.3) is 0 Å². The largest absolute Gasteiger partial charge is 0.323 e. The number of aryl methyl sites for hydroxylation is 2. The molecule has 0 aromatic carbocycles. The summed E-state index contributed by atoms with van der Waals surface area (Å²) in [5, 5.41) is 12.0. The molecule has 2 aromatic heterocycles. The minimum atomic E-state index is -0.223. The van der Waals surface area contributed by atoms with Gasteiger partial charge < -0.3 is 5.32 Å². The molecule has 7 heteroatoms. The van der Waals surface area contributed by atoms with Crippen LogP contribution in [0.4, 0.5) is 5.69 Å². The first-order valence-corrected chi connectivity index (χ1v) is 7.18. The second-order valence-corrected chi connectivity index (χ2v) is 5.70. The molecule has 1 amide bonds. The molecule has 114 valence electrons. The predicted octanol–water partition coefficient (Wildman–Crippen LogP) is 2.47. The quantitative estimate of drug-likeness (QED) is 0.943. The highest BCUT2D eigenvalue weighted by atomic mass is 35.5. The van der Waals surface area contributed by atoms with Crippen molar-refractivity contribution >= 4 is 23.2 Å². The smallest absolute Gasteiger partial charge is 0.229 e. The van der Waals surface area contributed by atoms with Gasteiger partial charge in [0.2, 0.25) is 5.91 Å². The van der Waals surface area contributed by atoms with Gasteiger partial charge >= 0.3 is 0 Å². The Morgan fingerprint density at radius 3 is 2.52 bits per heavy atom. The molecule has 0 aliphatic rings. The molecule has 2 heterocycles. The summed E-state index contributed by atoms with van der Waals surface area (Å²) in [6.07, 6.45) is 1.65. The van der Waals surface area contributed by atoms with Crippen molar-refractivity contribution in [1.29, 1.82) is 0 Å². The highest BCUT2D eigenvalue weighted by molar-refractivity contribution is 6.31. The molecule has 1 atom stereocenters. The molecular formula is C14H20ClN5O. The Morgan fingerprint density at radius 2 is 2.05 bits per heavy atom. The van der Waals surface area contributed by atoms with Crippen LogP contribution < -0.4 is 5.32 Å². The van der Waals surface area contributed by atoms with Gasteiger partial charge in [0.1, 0.15) is 0 Å². The normalized spacial score (nSPS) is 12.5. The van der Waals surface area contributed by atoms with Gasteiger partial charge in [-0.1, -0.05) is 18.5 Å². The maximum atomic E-state index is 12.3. The third-order valence-electron chi connectivity index (χ3n) is 3.68. The summed E-state index contributed by atoms with van der Waals surface area (Å²) in [6, 6.07) is 0. The minimum absolute atomic E-state index is 0.0604. The van der Waals surface area contributed by atoms with Crippen LogP contribution in [0.15, 0.2) is 6.20 Å². The van der Waals surface area contributed by atoms with E-state index in [0.29, 0.717) is 11.6 Å². The lowest BCUT2D eigenvalue weighted by atomic mass is 10.1. The van der Waals surface area contributed by atoms with Crippen LogP contribution in [0.5, 0.6) is 0 Å². The molecule has 0 saturated heterocycles. The van der Waals surface area contributed by atoms with Crippen molar-refractivity contribution in [2.24, 2.45) is 13.0 Å². The number of carbonyl (C=O) groups is 1. The molecule has 0 bridgehead atoms. The second-order valence-electron chi connectivity index (χ2n) is 5.32. The Morgan fingerprint density at radius 1 is 1.38 bits per heavy atom. The van der Waals surface area contributed by atoms with E-state index in [9.17, 15) is 4.79 Å². The van der Waals surface area contributed by atoms with Crippen LogP contribution in [0.3, 0.4) is 0 Å². The van der Waals surface area contributed by atoms with Crippen LogP contribution in [-0.2, 0) is 18.4 Å². The summed E-state index contributed by atoms with van der Waals surface area (Å²) in [5.41, 5.74) is 3.32. The third-order valence-corrected chi connectivity index (χ3v) is 4.23. The highest BCUT2D eigenvalue weighted by Gasteiger charge is 2.18. The first-order chi connectivity index (χ1) is 9.81. The van der Waals surface area contributed by atoms with E-state index in [1.807, 2.05) is 34.7 Å². The van der Waals surface area contributed by atoms with Crippen molar-refractivity contribution in [3.63, 3.8) is 0 Å². The lowest BCUT2D eigenvalue weighted by molar-refractivity contribution is -0.119. The predicted molar refractivity (Wildman–Crippen MR) is 82.4 cm³/mol. The number of anilines is 1. The van der Waals surface area contributed by atoms with E-state index in [0.717, 1.165) is 22.8 Å². The molecule has 0 radical (unpaired) electrons. The van der Waals surface area contributed by atoms with Crippen molar-refractivity contribution < 1.29 is 4.79 Å². The molecule has 0 aliphatic heterocycles. The average molecular weight is 310 g/mol. The van der Waals surface area contributed by atoms with Gasteiger partial charge in [0.05, 0.1) is 46.5 Å². The number of aromatic nitrogens is 4. The van der Waals surface area contributed by atoms with E-state index in [2.05, 4.69) is 15.5 Å². The number of halogens is 1. The van der Waals surface area contributed by atoms with E-state index in [-0.39, 0.29) is 11.8 Å². The highest BCUT2D eigenvalue weighted by Crippen LogP contribution is 2.20. The fourth-order valence-electron chi connectivity index (χ4n) is 2.07. The Balaban J connectivity index is 2.06. The monoisotopic (exact) mass is 309 g/mol. The molecular weight excluding hydrogens is 290 g/mol. The standard InChI is InChI=1S/C14H20ClN5O/c1-8(7-20-11(4)13(15)9(2)18-20)14(21)17-12-6-16-19(5)10(12)3/h6,8H,7H2,1-5H3,(H,17,21). The van der Waals surface area contributed by atoms with Crippen LogP contribution in [0.1, 0.15) is 24.0 Å². The van der Waals surface area contributed by atoms with Gasteiger partial charge in [-0.15, -0.1) is 0 Å². The summed E-state index contributed by atoms with van der Waals surface area (Å²) >= 11 is 6.12. The zero-order valence-electron chi connectivity index (χ0n) is 12.9. The summed E-state index contributed by atoms with van der Waals surface area (Å²) in [5.74, 6) is -0.284. The van der Waals surface area contributed by atoms with E-state index in [1.54, 1.807) is 15.6 Å².